The molecule has 0 amide bonds. The lowest BCUT2D eigenvalue weighted by molar-refractivity contribution is 0.449. The van der Waals surface area contributed by atoms with Gasteiger partial charge in [-0.1, -0.05) is 12.1 Å². The zero-order valence-electron chi connectivity index (χ0n) is 8.91. The molecule has 0 bridgehead atoms. The molecule has 17 heavy (non-hydrogen) atoms. The molecule has 6 N–H and O–H groups in total. The van der Waals surface area contributed by atoms with Crippen LogP contribution in [0.1, 0.15) is 0 Å². The zero-order valence-corrected chi connectivity index (χ0v) is 8.91. The van der Waals surface area contributed by atoms with Crippen molar-refractivity contribution in [1.29, 1.82) is 0 Å². The third kappa shape index (κ3) is 5.91. The fraction of sp³-hybridized carbons (Fsp3) is 0. The van der Waals surface area contributed by atoms with Crippen LogP contribution in [0.15, 0.2) is 48.5 Å². The van der Waals surface area contributed by atoms with E-state index in [1.165, 1.54) is 36.4 Å². The third-order valence-corrected chi connectivity index (χ3v) is 1.66. The van der Waals surface area contributed by atoms with E-state index in [-0.39, 0.29) is 28.5 Å². The second kappa shape index (κ2) is 6.97. The van der Waals surface area contributed by atoms with Crippen molar-refractivity contribution in [2.24, 2.45) is 0 Å². The van der Waals surface area contributed by atoms with Crippen LogP contribution in [0.25, 0.3) is 0 Å². The van der Waals surface area contributed by atoms with Gasteiger partial charge in [0.2, 0.25) is 0 Å². The Balaban J connectivity index is 0.000000284. The van der Waals surface area contributed by atoms with Gasteiger partial charge >= 0.3 is 0 Å². The molecule has 0 radical (unpaired) electrons. The van der Waals surface area contributed by atoms with E-state index in [4.69, 9.17) is 20.4 Å². The van der Waals surface area contributed by atoms with Gasteiger partial charge in [0.15, 0.2) is 0 Å². The molecule has 5 heteroatoms. The molecule has 0 atom stereocenters. The van der Waals surface area contributed by atoms with Crippen molar-refractivity contribution in [2.75, 3.05) is 0 Å². The molecule has 0 spiro atoms. The van der Waals surface area contributed by atoms with Crippen LogP contribution in [0.3, 0.4) is 0 Å². The van der Waals surface area contributed by atoms with Crippen molar-refractivity contribution in [2.45, 2.75) is 0 Å². The van der Waals surface area contributed by atoms with Crippen molar-refractivity contribution in [3.05, 3.63) is 48.5 Å². The molecular formula is C12H14O5. The van der Waals surface area contributed by atoms with Gasteiger partial charge < -0.3 is 25.9 Å². The normalized spacial score (nSPS) is 8.47. The smallest absolute Gasteiger partial charge is 0.119 e. The minimum atomic E-state index is 0. The second-order valence-corrected chi connectivity index (χ2v) is 3.04. The summed E-state index contributed by atoms with van der Waals surface area (Å²) in [6.07, 6.45) is 0. The Labute approximate surface area is 98.2 Å². The summed E-state index contributed by atoms with van der Waals surface area (Å²) in [6, 6.07) is 11.7. The van der Waals surface area contributed by atoms with E-state index in [0.717, 1.165) is 0 Å². The fourth-order valence-corrected chi connectivity index (χ4v) is 0.986. The van der Waals surface area contributed by atoms with Gasteiger partial charge in [-0.15, -0.1) is 0 Å². The summed E-state index contributed by atoms with van der Waals surface area (Å²) in [5.74, 6) is 0.352. The van der Waals surface area contributed by atoms with Crippen LogP contribution < -0.4 is 0 Å². The van der Waals surface area contributed by atoms with Gasteiger partial charge in [-0.25, -0.2) is 0 Å². The number of hydrogen-bond donors (Lipinski definition) is 4. The molecule has 0 aliphatic rings. The molecule has 0 aromatic heterocycles. The van der Waals surface area contributed by atoms with Crippen LogP contribution in [0.4, 0.5) is 0 Å². The highest BCUT2D eigenvalue weighted by Crippen LogP contribution is 2.15. The summed E-state index contributed by atoms with van der Waals surface area (Å²) >= 11 is 0. The first-order valence-electron chi connectivity index (χ1n) is 4.54. The predicted molar refractivity (Wildman–Crippen MR) is 63.2 cm³/mol. The van der Waals surface area contributed by atoms with E-state index >= 15 is 0 Å². The van der Waals surface area contributed by atoms with E-state index in [0.29, 0.717) is 0 Å². The van der Waals surface area contributed by atoms with E-state index in [1.54, 1.807) is 12.1 Å². The molecule has 0 saturated heterocycles. The van der Waals surface area contributed by atoms with Crippen LogP contribution in [0, 0.1) is 0 Å². The topological polar surface area (TPSA) is 112 Å². The van der Waals surface area contributed by atoms with Gasteiger partial charge in [0, 0.05) is 12.1 Å². The molecule has 0 saturated carbocycles. The number of rotatable bonds is 0. The molecule has 0 aliphatic carbocycles. The number of aromatic hydroxyl groups is 4. The number of benzene rings is 2. The molecule has 5 nitrogen and oxygen atoms in total. The molecule has 0 unspecified atom stereocenters. The van der Waals surface area contributed by atoms with Gasteiger partial charge in [0.25, 0.3) is 0 Å². The summed E-state index contributed by atoms with van der Waals surface area (Å²) < 4.78 is 0. The summed E-state index contributed by atoms with van der Waals surface area (Å²) in [4.78, 5) is 0. The maximum atomic E-state index is 8.65. The quantitative estimate of drug-likeness (QED) is 0.555. The van der Waals surface area contributed by atoms with Crippen LogP contribution >= 0.6 is 0 Å². The molecule has 2 rings (SSSR count). The fourth-order valence-electron chi connectivity index (χ4n) is 0.986. The van der Waals surface area contributed by atoms with Crippen molar-refractivity contribution >= 4 is 0 Å². The van der Waals surface area contributed by atoms with E-state index in [1.807, 2.05) is 0 Å². The van der Waals surface area contributed by atoms with Crippen LogP contribution in [-0.4, -0.2) is 25.9 Å². The van der Waals surface area contributed by atoms with E-state index in [9.17, 15) is 0 Å². The Morgan fingerprint density at radius 3 is 0.882 bits per heavy atom. The first kappa shape index (κ1) is 14.6. The summed E-state index contributed by atoms with van der Waals surface area (Å²) in [5.41, 5.74) is 0. The zero-order chi connectivity index (χ0) is 12.0. The van der Waals surface area contributed by atoms with Crippen LogP contribution in [-0.2, 0) is 0 Å². The lowest BCUT2D eigenvalue weighted by atomic mass is 10.3. The van der Waals surface area contributed by atoms with Crippen LogP contribution in [0.2, 0.25) is 0 Å². The molecule has 2 aromatic carbocycles. The monoisotopic (exact) mass is 238 g/mol. The lowest BCUT2D eigenvalue weighted by Crippen LogP contribution is -1.61. The minimum Gasteiger partial charge on any atom is -0.508 e. The largest absolute Gasteiger partial charge is 0.508 e. The average Bonchev–Trinajstić information content (AvgIpc) is 2.17. The molecule has 0 fully saturated rings. The van der Waals surface area contributed by atoms with Crippen LogP contribution in [0.5, 0.6) is 23.0 Å². The maximum absolute atomic E-state index is 8.65. The van der Waals surface area contributed by atoms with Crippen molar-refractivity contribution < 1.29 is 25.9 Å². The van der Waals surface area contributed by atoms with Crippen molar-refractivity contribution in [3.8, 4) is 23.0 Å². The summed E-state index contributed by atoms with van der Waals surface area (Å²) in [5, 5.41) is 34.6. The van der Waals surface area contributed by atoms with Gasteiger partial charge in [-0.05, 0) is 24.3 Å². The third-order valence-electron chi connectivity index (χ3n) is 1.66. The Morgan fingerprint density at radius 2 is 0.765 bits per heavy atom. The molecule has 2 aromatic rings. The van der Waals surface area contributed by atoms with Gasteiger partial charge in [0.1, 0.15) is 23.0 Å². The van der Waals surface area contributed by atoms with Crippen molar-refractivity contribution in [1.82, 2.24) is 0 Å². The van der Waals surface area contributed by atoms with E-state index in [2.05, 4.69) is 0 Å². The maximum Gasteiger partial charge on any atom is 0.119 e. The number of hydrogen-bond acceptors (Lipinski definition) is 4. The number of phenolic OH excluding ortho intramolecular Hbond substituents is 4. The first-order chi connectivity index (χ1) is 7.58. The minimum absolute atomic E-state index is 0. The molecule has 92 valence electrons. The average molecular weight is 238 g/mol. The molecular weight excluding hydrogens is 224 g/mol. The Bertz CT molecular complexity index is 378. The van der Waals surface area contributed by atoms with Gasteiger partial charge in [-0.2, -0.15) is 0 Å². The second-order valence-electron chi connectivity index (χ2n) is 3.04. The first-order valence-corrected chi connectivity index (χ1v) is 4.54. The highest BCUT2D eigenvalue weighted by atomic mass is 16.3. The predicted octanol–water partition coefficient (Wildman–Crippen LogP) is 1.37. The lowest BCUT2D eigenvalue weighted by Gasteiger charge is -1.89. The Morgan fingerprint density at radius 1 is 0.529 bits per heavy atom. The van der Waals surface area contributed by atoms with Crippen molar-refractivity contribution in [3.63, 3.8) is 0 Å². The molecule has 0 aliphatic heterocycles. The van der Waals surface area contributed by atoms with E-state index < -0.39 is 0 Å². The number of phenols is 4. The summed E-state index contributed by atoms with van der Waals surface area (Å²) in [6.45, 7) is 0. The summed E-state index contributed by atoms with van der Waals surface area (Å²) in [7, 11) is 0. The Kier molecular flexibility index (Phi) is 5.99. The highest BCUT2D eigenvalue weighted by Gasteiger charge is 1.86. The SMILES string of the molecule is O.Oc1cccc(O)c1.Oc1cccc(O)c1. The Hall–Kier alpha value is -2.40. The van der Waals surface area contributed by atoms with Gasteiger partial charge in [0.05, 0.1) is 0 Å². The highest BCUT2D eigenvalue weighted by molar-refractivity contribution is 5.30. The molecule has 0 heterocycles. The standard InChI is InChI=1S/2C6H6O2.H2O/c2*7-5-2-1-3-6(8)4-5;/h2*1-4,7-8H;1H2. The van der Waals surface area contributed by atoms with Gasteiger partial charge in [-0.3, -0.25) is 0 Å².